The smallest absolute Gasteiger partial charge is 0.347 e. The van der Waals surface area contributed by atoms with Crippen LogP contribution in [-0.2, 0) is 59.4 Å². The standard InChI is InChI=1S/C40H50NO9P/c1-3-35(40(41,4-2)51(42,43)44)50-39-38(48-28-33-23-15-8-16-24-33)37(47-27-32-21-13-7-14-22-32)36(46-26-31-19-11-6-12-20-31)34(49-39)29-45-25-30-17-9-5-10-18-30/h5-24,34-39H,3-4,25-29,41H2,1-2H3,(H2,42,43,44)/t34-,35?,36+,37+,38-,39?,40?/m1/s1. The number of rotatable bonds is 19. The summed E-state index contributed by atoms with van der Waals surface area (Å²) in [6.07, 6.45) is -5.13. The van der Waals surface area contributed by atoms with Gasteiger partial charge in [-0.05, 0) is 35.1 Å². The minimum atomic E-state index is -4.83. The Morgan fingerprint density at radius 1 is 0.667 bits per heavy atom. The summed E-state index contributed by atoms with van der Waals surface area (Å²) in [6.45, 7) is 4.55. The summed E-state index contributed by atoms with van der Waals surface area (Å²) >= 11 is 0. The van der Waals surface area contributed by atoms with E-state index in [2.05, 4.69) is 0 Å². The summed E-state index contributed by atoms with van der Waals surface area (Å²) in [6, 6.07) is 39.1. The van der Waals surface area contributed by atoms with Crippen molar-refractivity contribution >= 4 is 7.60 Å². The van der Waals surface area contributed by atoms with Crippen molar-refractivity contribution in [3.63, 3.8) is 0 Å². The van der Waals surface area contributed by atoms with Crippen LogP contribution in [0.2, 0.25) is 0 Å². The van der Waals surface area contributed by atoms with Crippen molar-refractivity contribution in [3.8, 4) is 0 Å². The molecule has 0 spiro atoms. The molecule has 0 radical (unpaired) electrons. The van der Waals surface area contributed by atoms with Crippen molar-refractivity contribution in [1.82, 2.24) is 0 Å². The van der Waals surface area contributed by atoms with Gasteiger partial charge in [0.2, 0.25) is 0 Å². The number of hydrogen-bond acceptors (Lipinski definition) is 8. The Hall–Kier alpha value is -3.25. The van der Waals surface area contributed by atoms with Gasteiger partial charge in [-0.3, -0.25) is 4.57 Å². The second-order valence-electron chi connectivity index (χ2n) is 12.7. The topological polar surface area (TPSA) is 139 Å². The van der Waals surface area contributed by atoms with Crippen LogP contribution in [0.3, 0.4) is 0 Å². The van der Waals surface area contributed by atoms with Gasteiger partial charge in [0.15, 0.2) is 6.29 Å². The van der Waals surface area contributed by atoms with Crippen LogP contribution in [0.15, 0.2) is 121 Å². The molecule has 0 aromatic heterocycles. The average Bonchev–Trinajstić information content (AvgIpc) is 3.16. The zero-order valence-corrected chi connectivity index (χ0v) is 30.1. The van der Waals surface area contributed by atoms with Gasteiger partial charge in [-0.1, -0.05) is 135 Å². The van der Waals surface area contributed by atoms with E-state index >= 15 is 0 Å². The SMILES string of the molecule is CCC(OC1O[C@H](COCc2ccccc2)[C@H](OCc2ccccc2)[C@H](OCc2ccccc2)[C@H]1OCc1ccccc1)C(N)(CC)P(=O)(O)O. The summed E-state index contributed by atoms with van der Waals surface area (Å²) in [4.78, 5) is 20.8. The predicted octanol–water partition coefficient (Wildman–Crippen LogP) is 6.72. The third-order valence-electron chi connectivity index (χ3n) is 9.18. The molecule has 0 amide bonds. The number of ether oxygens (including phenoxy) is 6. The molecule has 274 valence electrons. The molecular weight excluding hydrogens is 669 g/mol. The maximum Gasteiger partial charge on any atom is 0.347 e. The van der Waals surface area contributed by atoms with Crippen LogP contribution in [-0.4, -0.2) is 58.5 Å². The highest BCUT2D eigenvalue weighted by molar-refractivity contribution is 7.53. The number of nitrogens with two attached hydrogens (primary N) is 1. The van der Waals surface area contributed by atoms with Gasteiger partial charge < -0.3 is 43.9 Å². The molecule has 1 fully saturated rings. The van der Waals surface area contributed by atoms with E-state index in [1.807, 2.05) is 121 Å². The summed E-state index contributed by atoms with van der Waals surface area (Å²) in [5, 5.41) is -1.96. The average molecular weight is 720 g/mol. The van der Waals surface area contributed by atoms with E-state index in [1.54, 1.807) is 13.8 Å². The van der Waals surface area contributed by atoms with Gasteiger partial charge in [0.25, 0.3) is 0 Å². The third-order valence-corrected chi connectivity index (χ3v) is 10.9. The first-order valence-corrected chi connectivity index (χ1v) is 19.1. The highest BCUT2D eigenvalue weighted by atomic mass is 31.2. The lowest BCUT2D eigenvalue weighted by molar-refractivity contribution is -0.338. The first kappa shape index (κ1) is 39.0. The zero-order valence-electron chi connectivity index (χ0n) is 29.2. The molecule has 0 aliphatic carbocycles. The Morgan fingerprint density at radius 2 is 1.08 bits per heavy atom. The molecule has 4 aromatic rings. The van der Waals surface area contributed by atoms with E-state index in [1.165, 1.54) is 0 Å². The molecule has 1 saturated heterocycles. The molecule has 51 heavy (non-hydrogen) atoms. The minimum Gasteiger partial charge on any atom is -0.374 e. The van der Waals surface area contributed by atoms with Gasteiger partial charge in [-0.2, -0.15) is 0 Å². The molecule has 1 aliphatic rings. The first-order chi connectivity index (χ1) is 24.7. The van der Waals surface area contributed by atoms with Crippen LogP contribution in [0.5, 0.6) is 0 Å². The van der Waals surface area contributed by atoms with Crippen molar-refractivity contribution in [1.29, 1.82) is 0 Å². The van der Waals surface area contributed by atoms with E-state index in [0.717, 1.165) is 22.3 Å². The zero-order chi connectivity index (χ0) is 36.1. The molecule has 10 nitrogen and oxygen atoms in total. The van der Waals surface area contributed by atoms with E-state index in [4.69, 9.17) is 34.2 Å². The van der Waals surface area contributed by atoms with Crippen LogP contribution in [0.1, 0.15) is 48.9 Å². The Labute approximate surface area is 301 Å². The lowest BCUT2D eigenvalue weighted by Gasteiger charge is -2.48. The van der Waals surface area contributed by atoms with E-state index in [9.17, 15) is 14.4 Å². The minimum absolute atomic E-state index is 0.0294. The normalized spacial score (nSPS) is 22.6. The molecule has 0 bridgehead atoms. The summed E-state index contributed by atoms with van der Waals surface area (Å²) in [5.74, 6) is 0. The Bertz CT molecular complexity index is 1610. The van der Waals surface area contributed by atoms with Gasteiger partial charge in [0, 0.05) is 0 Å². The number of hydrogen-bond donors (Lipinski definition) is 3. The van der Waals surface area contributed by atoms with Crippen molar-refractivity contribution in [2.45, 2.75) is 95.2 Å². The van der Waals surface area contributed by atoms with Crippen LogP contribution < -0.4 is 5.73 Å². The molecular formula is C40H50NO9P. The molecule has 7 atom stereocenters. The lowest BCUT2D eigenvalue weighted by atomic mass is 9.97. The molecule has 1 aliphatic heterocycles. The van der Waals surface area contributed by atoms with Crippen LogP contribution in [0.4, 0.5) is 0 Å². The fraction of sp³-hybridized carbons (Fsp3) is 0.400. The van der Waals surface area contributed by atoms with Crippen molar-refractivity contribution in [3.05, 3.63) is 144 Å². The van der Waals surface area contributed by atoms with Crippen molar-refractivity contribution in [2.24, 2.45) is 5.73 Å². The highest BCUT2D eigenvalue weighted by Crippen LogP contribution is 2.52. The van der Waals surface area contributed by atoms with Gasteiger partial charge in [0.05, 0.1) is 39.1 Å². The van der Waals surface area contributed by atoms with E-state index in [-0.39, 0.29) is 39.3 Å². The molecule has 4 N–H and O–H groups in total. The molecule has 0 saturated carbocycles. The predicted molar refractivity (Wildman–Crippen MR) is 194 cm³/mol. The Balaban J connectivity index is 1.52. The summed E-state index contributed by atoms with van der Waals surface area (Å²) in [7, 11) is -4.83. The summed E-state index contributed by atoms with van der Waals surface area (Å²) in [5.41, 5.74) is 10.3. The van der Waals surface area contributed by atoms with Crippen molar-refractivity contribution < 1.29 is 42.8 Å². The third kappa shape index (κ3) is 10.7. The molecule has 5 rings (SSSR count). The highest BCUT2D eigenvalue weighted by Gasteiger charge is 2.54. The van der Waals surface area contributed by atoms with Gasteiger partial charge in [-0.15, -0.1) is 0 Å². The second kappa shape index (κ2) is 19.0. The van der Waals surface area contributed by atoms with Gasteiger partial charge in [0.1, 0.15) is 29.7 Å². The maximum absolute atomic E-state index is 12.8. The quantitative estimate of drug-likeness (QED) is 0.0896. The van der Waals surface area contributed by atoms with Gasteiger partial charge >= 0.3 is 7.60 Å². The monoisotopic (exact) mass is 719 g/mol. The first-order valence-electron chi connectivity index (χ1n) is 17.5. The second-order valence-corrected chi connectivity index (χ2v) is 14.7. The summed E-state index contributed by atoms with van der Waals surface area (Å²) < 4.78 is 52.4. The lowest BCUT2D eigenvalue weighted by Crippen LogP contribution is -2.63. The van der Waals surface area contributed by atoms with Crippen LogP contribution in [0.25, 0.3) is 0 Å². The molecule has 4 aromatic carbocycles. The fourth-order valence-corrected chi connectivity index (χ4v) is 7.24. The molecule has 11 heteroatoms. The van der Waals surface area contributed by atoms with E-state index in [0.29, 0.717) is 6.61 Å². The van der Waals surface area contributed by atoms with E-state index < -0.39 is 49.7 Å². The van der Waals surface area contributed by atoms with Crippen LogP contribution in [0, 0.1) is 0 Å². The maximum atomic E-state index is 12.8. The van der Waals surface area contributed by atoms with Crippen molar-refractivity contribution in [2.75, 3.05) is 6.61 Å². The Kier molecular flexibility index (Phi) is 14.5. The van der Waals surface area contributed by atoms with Crippen LogP contribution >= 0.6 is 7.60 Å². The van der Waals surface area contributed by atoms with Gasteiger partial charge in [-0.25, -0.2) is 0 Å². The largest absolute Gasteiger partial charge is 0.374 e. The Morgan fingerprint density at radius 3 is 1.49 bits per heavy atom. The number of benzene rings is 4. The molecule has 3 unspecified atom stereocenters. The molecule has 1 heterocycles. The fourth-order valence-electron chi connectivity index (χ4n) is 6.21.